The molecule has 0 aliphatic carbocycles. The molecule has 1 N–H and O–H groups in total. The second kappa shape index (κ2) is 6.11. The third-order valence-electron chi connectivity index (χ3n) is 3.55. The number of halogens is 1. The van der Waals surface area contributed by atoms with Gasteiger partial charge in [0.2, 0.25) is 5.88 Å². The first-order valence-corrected chi connectivity index (χ1v) is 8.09. The monoisotopic (exact) mass is 347 g/mol. The van der Waals surface area contributed by atoms with Crippen LogP contribution in [0.4, 0.5) is 4.48 Å². The number of rotatable bonds is 4. The summed E-state index contributed by atoms with van der Waals surface area (Å²) in [6.07, 6.45) is 2.95. The maximum absolute atomic E-state index is 14.2. The number of hydrogen-bond donors (Lipinski definition) is 1. The van der Waals surface area contributed by atoms with E-state index in [9.17, 15) is 9.59 Å². The molecule has 0 aliphatic rings. The number of nitrogens with zero attached hydrogens (tertiary/aromatic N) is 3. The van der Waals surface area contributed by atoms with Gasteiger partial charge in [-0.05, 0) is 26.1 Å². The first kappa shape index (κ1) is 16.8. The lowest BCUT2D eigenvalue weighted by Crippen LogP contribution is -2.28. The number of aliphatic hydroxyl groups is 1. The molecular weight excluding hydrogens is 328 g/mol. The lowest BCUT2D eigenvalue weighted by Gasteiger charge is -2.17. The van der Waals surface area contributed by atoms with E-state index in [0.29, 0.717) is 33.1 Å². The fourth-order valence-corrected chi connectivity index (χ4v) is 2.85. The molecule has 1 aromatic carbocycles. The Morgan fingerprint density at radius 2 is 2.12 bits per heavy atom. The minimum Gasteiger partial charge on any atom is -0.473 e. The highest BCUT2D eigenvalue weighted by molar-refractivity contribution is 7.28. The van der Waals surface area contributed by atoms with Crippen molar-refractivity contribution in [3.63, 3.8) is 0 Å². The van der Waals surface area contributed by atoms with Crippen LogP contribution in [0.5, 0.6) is 5.88 Å². The van der Waals surface area contributed by atoms with Gasteiger partial charge >= 0.3 is 0 Å². The first-order valence-electron chi connectivity index (χ1n) is 7.51. The molecule has 2 heterocycles. The summed E-state index contributed by atoms with van der Waals surface area (Å²) in [4.78, 5) is 9.34. The number of benzene rings is 1. The SMILES string of the molecule is Cc1nc(-c2cn(F)c3c(P)cccc23)cnc1OCC(C)(C)O. The summed E-state index contributed by atoms with van der Waals surface area (Å²) in [6.45, 7) is 5.19. The van der Waals surface area contributed by atoms with Gasteiger partial charge in [-0.3, -0.25) is 0 Å². The molecule has 7 heteroatoms. The van der Waals surface area contributed by atoms with Crippen molar-refractivity contribution < 1.29 is 14.3 Å². The van der Waals surface area contributed by atoms with Gasteiger partial charge < -0.3 is 9.84 Å². The van der Waals surface area contributed by atoms with E-state index < -0.39 is 5.60 Å². The van der Waals surface area contributed by atoms with Gasteiger partial charge in [0.05, 0.1) is 23.0 Å². The van der Waals surface area contributed by atoms with Crippen LogP contribution in [-0.4, -0.2) is 32.1 Å². The van der Waals surface area contributed by atoms with Gasteiger partial charge in [0.25, 0.3) is 0 Å². The predicted molar refractivity (Wildman–Crippen MR) is 95.3 cm³/mol. The van der Waals surface area contributed by atoms with Crippen molar-refractivity contribution in [2.24, 2.45) is 0 Å². The van der Waals surface area contributed by atoms with Crippen molar-refractivity contribution in [1.29, 1.82) is 0 Å². The second-order valence-electron chi connectivity index (χ2n) is 6.34. The number of ether oxygens (including phenoxy) is 1. The van der Waals surface area contributed by atoms with E-state index in [-0.39, 0.29) is 6.61 Å². The zero-order chi connectivity index (χ0) is 17.5. The zero-order valence-corrected chi connectivity index (χ0v) is 14.9. The number of fused-ring (bicyclic) bond motifs is 1. The Kier molecular flexibility index (Phi) is 4.28. The van der Waals surface area contributed by atoms with E-state index in [1.54, 1.807) is 27.0 Å². The van der Waals surface area contributed by atoms with E-state index in [1.165, 1.54) is 6.20 Å². The molecule has 3 aromatic rings. The van der Waals surface area contributed by atoms with Gasteiger partial charge in [0.1, 0.15) is 12.3 Å². The second-order valence-corrected chi connectivity index (χ2v) is 6.97. The summed E-state index contributed by atoms with van der Waals surface area (Å²) >= 11 is 0. The third-order valence-corrected chi connectivity index (χ3v) is 4.02. The van der Waals surface area contributed by atoms with Gasteiger partial charge in [-0.2, -0.15) is 4.79 Å². The van der Waals surface area contributed by atoms with Gasteiger partial charge in [-0.25, -0.2) is 9.97 Å². The van der Waals surface area contributed by atoms with Crippen molar-refractivity contribution >= 4 is 25.4 Å². The van der Waals surface area contributed by atoms with Crippen molar-refractivity contribution in [3.8, 4) is 17.1 Å². The number of aromatic nitrogens is 3. The highest BCUT2D eigenvalue weighted by Gasteiger charge is 2.17. The maximum atomic E-state index is 14.2. The summed E-state index contributed by atoms with van der Waals surface area (Å²) in [5.74, 6) is 0.358. The molecule has 0 amide bonds. The molecule has 0 radical (unpaired) electrons. The quantitative estimate of drug-likeness (QED) is 0.738. The Bertz CT molecular complexity index is 903. The number of hydrogen-bond acceptors (Lipinski definition) is 4. The fourth-order valence-electron chi connectivity index (χ4n) is 2.46. The molecule has 0 fully saturated rings. The fraction of sp³-hybridized carbons (Fsp3) is 0.294. The molecule has 3 rings (SSSR count). The maximum Gasteiger partial charge on any atom is 0.235 e. The summed E-state index contributed by atoms with van der Waals surface area (Å²) in [6, 6.07) is 5.55. The molecule has 24 heavy (non-hydrogen) atoms. The van der Waals surface area contributed by atoms with Crippen molar-refractivity contribution in [2.45, 2.75) is 26.4 Å². The molecule has 0 bridgehead atoms. The van der Waals surface area contributed by atoms with E-state index >= 15 is 0 Å². The van der Waals surface area contributed by atoms with Crippen LogP contribution in [-0.2, 0) is 0 Å². The lowest BCUT2D eigenvalue weighted by molar-refractivity contribution is 0.0264. The summed E-state index contributed by atoms with van der Waals surface area (Å²) in [5.41, 5.74) is 1.36. The molecule has 2 aromatic heterocycles. The molecule has 5 nitrogen and oxygen atoms in total. The Balaban J connectivity index is 2.00. The predicted octanol–water partition coefficient (Wildman–Crippen LogP) is 2.79. The molecule has 0 saturated carbocycles. The van der Waals surface area contributed by atoms with Crippen LogP contribution in [0.3, 0.4) is 0 Å². The zero-order valence-electron chi connectivity index (χ0n) is 13.7. The normalized spacial score (nSPS) is 11.9. The van der Waals surface area contributed by atoms with Crippen LogP contribution in [0.1, 0.15) is 19.5 Å². The van der Waals surface area contributed by atoms with Crippen molar-refractivity contribution in [1.82, 2.24) is 14.8 Å². The van der Waals surface area contributed by atoms with E-state index in [0.717, 1.165) is 10.7 Å². The molecule has 0 saturated heterocycles. The lowest BCUT2D eigenvalue weighted by atomic mass is 10.1. The summed E-state index contributed by atoms with van der Waals surface area (Å²) in [5, 5.41) is 11.3. The highest BCUT2D eigenvalue weighted by atomic mass is 31.0. The topological polar surface area (TPSA) is 60.2 Å². The van der Waals surface area contributed by atoms with Crippen molar-refractivity contribution in [3.05, 3.63) is 36.3 Å². The van der Waals surface area contributed by atoms with Crippen LogP contribution in [0, 0.1) is 6.92 Å². The molecule has 1 atom stereocenters. The van der Waals surface area contributed by atoms with Gasteiger partial charge in [-0.1, -0.05) is 22.7 Å². The third kappa shape index (κ3) is 3.25. The Morgan fingerprint density at radius 1 is 1.38 bits per heavy atom. The molecule has 0 spiro atoms. The van der Waals surface area contributed by atoms with Gasteiger partial charge in [0, 0.05) is 17.1 Å². The van der Waals surface area contributed by atoms with Crippen LogP contribution in [0.15, 0.2) is 30.6 Å². The van der Waals surface area contributed by atoms with Crippen molar-refractivity contribution in [2.75, 3.05) is 6.61 Å². The van der Waals surface area contributed by atoms with E-state index in [4.69, 9.17) is 4.74 Å². The van der Waals surface area contributed by atoms with Crippen LogP contribution in [0.25, 0.3) is 22.2 Å². The average Bonchev–Trinajstić information content (AvgIpc) is 2.83. The van der Waals surface area contributed by atoms with Crippen LogP contribution in [0.2, 0.25) is 0 Å². The standard InChI is InChI=1S/C17H19FN3O2P/c1-10-16(23-9-17(2,3)22)19-7-13(20-10)12-8-21(18)15-11(12)5-4-6-14(15)24/h4-8,22H,9,24H2,1-3H3. The number of aryl methyl sites for hydroxylation is 1. The molecule has 1 unspecified atom stereocenters. The van der Waals surface area contributed by atoms with Crippen LogP contribution < -0.4 is 10.0 Å². The first-order chi connectivity index (χ1) is 11.3. The largest absolute Gasteiger partial charge is 0.473 e. The van der Waals surface area contributed by atoms with Crippen LogP contribution >= 0.6 is 9.24 Å². The summed E-state index contributed by atoms with van der Waals surface area (Å²) < 4.78 is 19.7. The van der Waals surface area contributed by atoms with E-state index in [2.05, 4.69) is 19.2 Å². The molecular formula is C17H19FN3O2P. The molecule has 0 aliphatic heterocycles. The Labute approximate surface area is 141 Å². The minimum absolute atomic E-state index is 0.113. The molecule has 126 valence electrons. The van der Waals surface area contributed by atoms with Gasteiger partial charge in [-0.15, -0.1) is 9.24 Å². The number of para-hydroxylation sites is 1. The summed E-state index contributed by atoms with van der Waals surface area (Å²) in [7, 11) is 2.53. The van der Waals surface area contributed by atoms with E-state index in [1.807, 2.05) is 18.2 Å². The minimum atomic E-state index is -0.955. The smallest absolute Gasteiger partial charge is 0.235 e. The Morgan fingerprint density at radius 3 is 2.79 bits per heavy atom. The van der Waals surface area contributed by atoms with Gasteiger partial charge in [0.15, 0.2) is 0 Å². The average molecular weight is 347 g/mol. The Hall–Kier alpha value is -2.04. The highest BCUT2D eigenvalue weighted by Crippen LogP contribution is 2.30.